The highest BCUT2D eigenvalue weighted by Gasteiger charge is 1.98. The highest BCUT2D eigenvalue weighted by Crippen LogP contribution is 2.04. The molecular weight excluding hydrogens is 234 g/mol. The van der Waals surface area contributed by atoms with Crippen molar-refractivity contribution in [1.29, 1.82) is 0 Å². The van der Waals surface area contributed by atoms with Gasteiger partial charge in [-0.2, -0.15) is 5.10 Å². The monoisotopic (exact) mass is 255 g/mol. The number of aromatic nitrogens is 2. The topological polar surface area (TPSA) is 65.5 Å². The van der Waals surface area contributed by atoms with Crippen LogP contribution in [0, 0.1) is 0 Å². The van der Waals surface area contributed by atoms with Crippen molar-refractivity contribution in [1.82, 2.24) is 15.5 Å². The maximum Gasteiger partial charge on any atom is 0.233 e. The second kappa shape index (κ2) is 9.76. The van der Waals surface area contributed by atoms with Gasteiger partial charge in [-0.25, -0.2) is 0 Å². The van der Waals surface area contributed by atoms with Gasteiger partial charge in [-0.3, -0.25) is 0 Å². The lowest BCUT2D eigenvalue weighted by atomic mass is 10.4. The number of hydrogen-bond donors (Lipinski definition) is 1. The number of methoxy groups -OCH3 is 1. The van der Waals surface area contributed by atoms with Crippen molar-refractivity contribution in [2.75, 3.05) is 40.1 Å². The molecule has 0 fully saturated rings. The standard InChI is InChI=1S/C12H21N3O3/c1-3-13-10-11-4-5-12(15-14-11)18-9-8-17-7-6-16-2/h4-5,13H,3,6-10H2,1-2H3. The highest BCUT2D eigenvalue weighted by atomic mass is 16.5. The van der Waals surface area contributed by atoms with Crippen molar-refractivity contribution in [2.24, 2.45) is 0 Å². The van der Waals surface area contributed by atoms with Crippen LogP contribution in [0.25, 0.3) is 0 Å². The number of ether oxygens (including phenoxy) is 3. The molecule has 1 aromatic rings. The molecule has 0 spiro atoms. The Morgan fingerprint density at radius 3 is 2.61 bits per heavy atom. The molecule has 1 aromatic heterocycles. The third-order valence-electron chi connectivity index (χ3n) is 2.16. The summed E-state index contributed by atoms with van der Waals surface area (Å²) in [6.45, 7) is 5.85. The Morgan fingerprint density at radius 2 is 1.94 bits per heavy atom. The van der Waals surface area contributed by atoms with Gasteiger partial charge in [0.2, 0.25) is 5.88 Å². The van der Waals surface area contributed by atoms with E-state index in [1.54, 1.807) is 7.11 Å². The van der Waals surface area contributed by atoms with Crippen molar-refractivity contribution < 1.29 is 14.2 Å². The molecule has 1 heterocycles. The first kappa shape index (κ1) is 14.8. The maximum absolute atomic E-state index is 5.39. The molecule has 0 radical (unpaired) electrons. The van der Waals surface area contributed by atoms with Crippen molar-refractivity contribution in [3.05, 3.63) is 17.8 Å². The van der Waals surface area contributed by atoms with Crippen molar-refractivity contribution >= 4 is 0 Å². The van der Waals surface area contributed by atoms with Crippen molar-refractivity contribution in [2.45, 2.75) is 13.5 Å². The molecule has 1 N–H and O–H groups in total. The van der Waals surface area contributed by atoms with Crippen LogP contribution in [0.3, 0.4) is 0 Å². The third kappa shape index (κ3) is 6.48. The van der Waals surface area contributed by atoms with Gasteiger partial charge in [-0.1, -0.05) is 6.92 Å². The van der Waals surface area contributed by atoms with Crippen LogP contribution in [-0.4, -0.2) is 50.3 Å². The van der Waals surface area contributed by atoms with E-state index >= 15 is 0 Å². The van der Waals surface area contributed by atoms with Crippen LogP contribution < -0.4 is 10.1 Å². The van der Waals surface area contributed by atoms with Crippen LogP contribution in [0.1, 0.15) is 12.6 Å². The molecule has 0 aromatic carbocycles. The molecule has 6 nitrogen and oxygen atoms in total. The SMILES string of the molecule is CCNCc1ccc(OCCOCCOC)nn1. The largest absolute Gasteiger partial charge is 0.474 e. The smallest absolute Gasteiger partial charge is 0.233 e. The van der Waals surface area contributed by atoms with Gasteiger partial charge in [0.25, 0.3) is 0 Å². The maximum atomic E-state index is 5.39. The minimum Gasteiger partial charge on any atom is -0.474 e. The molecule has 0 aliphatic heterocycles. The molecule has 0 atom stereocenters. The summed E-state index contributed by atoms with van der Waals surface area (Å²) in [5.41, 5.74) is 0.903. The zero-order valence-corrected chi connectivity index (χ0v) is 11.0. The van der Waals surface area contributed by atoms with Gasteiger partial charge in [-0.05, 0) is 12.6 Å². The predicted molar refractivity (Wildman–Crippen MR) is 67.6 cm³/mol. The number of hydrogen-bond acceptors (Lipinski definition) is 6. The van der Waals surface area contributed by atoms with E-state index in [0.717, 1.165) is 18.8 Å². The first-order valence-electron chi connectivity index (χ1n) is 6.09. The highest BCUT2D eigenvalue weighted by molar-refractivity contribution is 5.11. The molecule has 0 saturated carbocycles. The summed E-state index contributed by atoms with van der Waals surface area (Å²) in [4.78, 5) is 0. The summed E-state index contributed by atoms with van der Waals surface area (Å²) < 4.78 is 15.5. The fraction of sp³-hybridized carbons (Fsp3) is 0.667. The van der Waals surface area contributed by atoms with Gasteiger partial charge in [0.05, 0.1) is 25.5 Å². The molecule has 0 saturated heterocycles. The van der Waals surface area contributed by atoms with Gasteiger partial charge >= 0.3 is 0 Å². The summed E-state index contributed by atoms with van der Waals surface area (Å²) in [5, 5.41) is 11.2. The fourth-order valence-electron chi connectivity index (χ4n) is 1.22. The second-order valence-electron chi connectivity index (χ2n) is 3.60. The van der Waals surface area contributed by atoms with Crippen LogP contribution in [-0.2, 0) is 16.0 Å². The van der Waals surface area contributed by atoms with E-state index in [9.17, 15) is 0 Å². The normalized spacial score (nSPS) is 10.6. The van der Waals surface area contributed by atoms with Crippen LogP contribution in [0.2, 0.25) is 0 Å². The summed E-state index contributed by atoms with van der Waals surface area (Å²) in [6, 6.07) is 3.71. The Labute approximate surface area is 108 Å². The van der Waals surface area contributed by atoms with Crippen LogP contribution in [0.4, 0.5) is 0 Å². The molecule has 0 amide bonds. The van der Waals surface area contributed by atoms with E-state index in [1.165, 1.54) is 0 Å². The Balaban J connectivity index is 2.14. The molecule has 0 unspecified atom stereocenters. The van der Waals surface area contributed by atoms with E-state index in [0.29, 0.717) is 32.3 Å². The van der Waals surface area contributed by atoms with E-state index in [2.05, 4.69) is 22.4 Å². The summed E-state index contributed by atoms with van der Waals surface area (Å²) in [5.74, 6) is 0.519. The first-order chi connectivity index (χ1) is 8.86. The molecular formula is C12H21N3O3. The third-order valence-corrected chi connectivity index (χ3v) is 2.16. The summed E-state index contributed by atoms with van der Waals surface area (Å²) in [6.07, 6.45) is 0. The van der Waals surface area contributed by atoms with Crippen LogP contribution in [0.5, 0.6) is 5.88 Å². The molecule has 18 heavy (non-hydrogen) atoms. The molecule has 1 rings (SSSR count). The number of nitrogens with one attached hydrogen (secondary N) is 1. The molecule has 0 aliphatic carbocycles. The average Bonchev–Trinajstić information content (AvgIpc) is 2.42. The quantitative estimate of drug-likeness (QED) is 0.619. The van der Waals surface area contributed by atoms with Crippen LogP contribution >= 0.6 is 0 Å². The molecule has 102 valence electrons. The predicted octanol–water partition coefficient (Wildman–Crippen LogP) is 0.628. The van der Waals surface area contributed by atoms with E-state index in [4.69, 9.17) is 14.2 Å². The molecule has 0 aliphatic rings. The minimum absolute atomic E-state index is 0.463. The van der Waals surface area contributed by atoms with E-state index < -0.39 is 0 Å². The van der Waals surface area contributed by atoms with Gasteiger partial charge < -0.3 is 19.5 Å². The molecule has 0 bridgehead atoms. The Kier molecular flexibility index (Phi) is 8.03. The van der Waals surface area contributed by atoms with Crippen molar-refractivity contribution in [3.63, 3.8) is 0 Å². The summed E-state index contributed by atoms with van der Waals surface area (Å²) >= 11 is 0. The van der Waals surface area contributed by atoms with E-state index in [-0.39, 0.29) is 0 Å². The lowest BCUT2D eigenvalue weighted by Crippen LogP contribution is -2.14. The molecule has 6 heteroatoms. The Bertz CT molecular complexity index is 306. The first-order valence-corrected chi connectivity index (χ1v) is 6.09. The van der Waals surface area contributed by atoms with Crippen molar-refractivity contribution in [3.8, 4) is 5.88 Å². The van der Waals surface area contributed by atoms with Gasteiger partial charge in [0.15, 0.2) is 0 Å². The van der Waals surface area contributed by atoms with Gasteiger partial charge in [0, 0.05) is 19.7 Å². The second-order valence-corrected chi connectivity index (χ2v) is 3.60. The van der Waals surface area contributed by atoms with Gasteiger partial charge in [-0.15, -0.1) is 5.10 Å². The van der Waals surface area contributed by atoms with Crippen LogP contribution in [0.15, 0.2) is 12.1 Å². The lowest BCUT2D eigenvalue weighted by Gasteiger charge is -2.06. The Morgan fingerprint density at radius 1 is 1.11 bits per heavy atom. The zero-order valence-electron chi connectivity index (χ0n) is 11.0. The Hall–Kier alpha value is -1.24. The minimum atomic E-state index is 0.463. The average molecular weight is 255 g/mol. The van der Waals surface area contributed by atoms with E-state index in [1.807, 2.05) is 12.1 Å². The number of nitrogens with zero attached hydrogens (tertiary/aromatic N) is 2. The van der Waals surface area contributed by atoms with Gasteiger partial charge in [0.1, 0.15) is 6.61 Å². The lowest BCUT2D eigenvalue weighted by molar-refractivity contribution is 0.0535. The zero-order chi connectivity index (χ0) is 13.1. The number of rotatable bonds is 10. The fourth-order valence-corrected chi connectivity index (χ4v) is 1.22. The summed E-state index contributed by atoms with van der Waals surface area (Å²) in [7, 11) is 1.64.